The number of aliphatic hydroxyl groups excluding tert-OH is 1. The number of aliphatic hydroxyl groups is 1. The van der Waals surface area contributed by atoms with Crippen LogP contribution in [0.5, 0.6) is 0 Å². The van der Waals surface area contributed by atoms with Crippen molar-refractivity contribution in [3.8, 4) is 0 Å². The van der Waals surface area contributed by atoms with Crippen LogP contribution in [-0.4, -0.2) is 43.3 Å². The molecule has 1 rings (SSSR count). The molecule has 0 radical (unpaired) electrons. The quantitative estimate of drug-likeness (QED) is 0.754. The highest BCUT2D eigenvalue weighted by Gasteiger charge is 2.25. The Morgan fingerprint density at radius 2 is 1.72 bits per heavy atom. The minimum Gasteiger partial charge on any atom is -0.392 e. The molecule has 1 aliphatic carbocycles. The van der Waals surface area contributed by atoms with E-state index in [2.05, 4.69) is 0 Å². The molecule has 0 amide bonds. The molecule has 1 fully saturated rings. The molecule has 0 bridgehead atoms. The highest BCUT2D eigenvalue weighted by atomic mass is 32.2. The van der Waals surface area contributed by atoms with Gasteiger partial charge in [0.25, 0.3) is 0 Å². The van der Waals surface area contributed by atoms with Crippen LogP contribution < -0.4 is 0 Å². The minimum atomic E-state index is -3.24. The molecule has 5 heteroatoms. The van der Waals surface area contributed by atoms with Crippen molar-refractivity contribution < 1.29 is 18.3 Å². The Labute approximate surface area is 111 Å². The van der Waals surface area contributed by atoms with Gasteiger partial charge in [0.15, 0.2) is 9.84 Å². The van der Waals surface area contributed by atoms with E-state index in [4.69, 9.17) is 4.74 Å². The first-order chi connectivity index (χ1) is 8.43. The van der Waals surface area contributed by atoms with Crippen LogP contribution in [0.2, 0.25) is 0 Å². The van der Waals surface area contributed by atoms with Crippen LogP contribution in [0, 0.1) is 0 Å². The largest absolute Gasteiger partial charge is 0.392 e. The molecule has 1 aliphatic rings. The molecule has 108 valence electrons. The first kappa shape index (κ1) is 15.9. The Balaban J connectivity index is 2.31. The summed E-state index contributed by atoms with van der Waals surface area (Å²) in [4.78, 5) is 0. The monoisotopic (exact) mass is 278 g/mol. The Morgan fingerprint density at radius 1 is 1.17 bits per heavy atom. The highest BCUT2D eigenvalue weighted by molar-refractivity contribution is 7.92. The van der Waals surface area contributed by atoms with Crippen LogP contribution in [0.25, 0.3) is 0 Å². The summed E-state index contributed by atoms with van der Waals surface area (Å²) in [5, 5.41) is 8.61. The molecule has 0 aliphatic heterocycles. The molecular weight excluding hydrogens is 252 g/mol. The van der Waals surface area contributed by atoms with E-state index >= 15 is 0 Å². The van der Waals surface area contributed by atoms with E-state index in [1.54, 1.807) is 6.92 Å². The third-order valence-corrected chi connectivity index (χ3v) is 6.03. The van der Waals surface area contributed by atoms with E-state index < -0.39 is 21.2 Å². The lowest BCUT2D eigenvalue weighted by atomic mass is 10.1. The van der Waals surface area contributed by atoms with Crippen molar-refractivity contribution in [3.05, 3.63) is 0 Å². The molecule has 0 heterocycles. The maximum atomic E-state index is 11.8. The lowest BCUT2D eigenvalue weighted by Gasteiger charge is -2.18. The van der Waals surface area contributed by atoms with Gasteiger partial charge in [-0.15, -0.1) is 0 Å². The summed E-state index contributed by atoms with van der Waals surface area (Å²) in [6, 6.07) is 0. The Morgan fingerprint density at radius 3 is 2.22 bits per heavy atom. The molecule has 0 aromatic rings. The standard InChI is InChI=1S/C13H26O4S/c1-11(14)12(2)18(15,16)10-9-17-13-7-5-3-4-6-8-13/h11-14H,3-10H2,1-2H3/t11-,12+/m0/s1. The van der Waals surface area contributed by atoms with Crippen molar-refractivity contribution in [1.82, 2.24) is 0 Å². The zero-order valence-corrected chi connectivity index (χ0v) is 12.3. The van der Waals surface area contributed by atoms with Gasteiger partial charge >= 0.3 is 0 Å². The second-order valence-corrected chi connectivity index (χ2v) is 7.77. The van der Waals surface area contributed by atoms with Crippen molar-refractivity contribution in [2.75, 3.05) is 12.4 Å². The number of rotatable bonds is 6. The van der Waals surface area contributed by atoms with Gasteiger partial charge in [-0.1, -0.05) is 25.7 Å². The van der Waals surface area contributed by atoms with Crippen LogP contribution in [0.1, 0.15) is 52.4 Å². The summed E-state index contributed by atoms with van der Waals surface area (Å²) >= 11 is 0. The Kier molecular flexibility index (Phi) is 6.60. The molecule has 1 saturated carbocycles. The van der Waals surface area contributed by atoms with E-state index in [0.29, 0.717) is 0 Å². The summed E-state index contributed by atoms with van der Waals surface area (Å²) < 4.78 is 29.4. The third kappa shape index (κ3) is 5.24. The fourth-order valence-corrected chi connectivity index (χ4v) is 3.53. The van der Waals surface area contributed by atoms with Crippen molar-refractivity contribution in [2.24, 2.45) is 0 Å². The summed E-state index contributed by atoms with van der Waals surface area (Å²) in [6.07, 6.45) is 6.38. The average Bonchev–Trinajstić information content (AvgIpc) is 2.56. The fraction of sp³-hybridized carbons (Fsp3) is 1.00. The zero-order valence-electron chi connectivity index (χ0n) is 11.5. The maximum Gasteiger partial charge on any atom is 0.157 e. The van der Waals surface area contributed by atoms with Gasteiger partial charge in [0.05, 0.1) is 29.8 Å². The van der Waals surface area contributed by atoms with Crippen molar-refractivity contribution >= 4 is 9.84 Å². The van der Waals surface area contributed by atoms with Gasteiger partial charge in [0.1, 0.15) is 0 Å². The van der Waals surface area contributed by atoms with Gasteiger partial charge in [-0.25, -0.2) is 8.42 Å². The summed E-state index contributed by atoms with van der Waals surface area (Å²) in [5.41, 5.74) is 0. The van der Waals surface area contributed by atoms with Gasteiger partial charge in [0, 0.05) is 0 Å². The second kappa shape index (κ2) is 7.46. The Bertz CT molecular complexity index is 316. The summed E-state index contributed by atoms with van der Waals surface area (Å²) in [5.74, 6) is 0.00949. The number of hydrogen-bond donors (Lipinski definition) is 1. The lowest BCUT2D eigenvalue weighted by molar-refractivity contribution is 0.0534. The lowest BCUT2D eigenvalue weighted by Crippen LogP contribution is -2.32. The van der Waals surface area contributed by atoms with Gasteiger partial charge < -0.3 is 9.84 Å². The zero-order chi connectivity index (χ0) is 13.6. The summed E-state index contributed by atoms with van der Waals surface area (Å²) in [6.45, 7) is 3.31. The molecule has 0 unspecified atom stereocenters. The minimum absolute atomic E-state index is 0.00949. The predicted molar refractivity (Wildman–Crippen MR) is 72.4 cm³/mol. The molecule has 18 heavy (non-hydrogen) atoms. The smallest absolute Gasteiger partial charge is 0.157 e. The number of hydrogen-bond acceptors (Lipinski definition) is 4. The van der Waals surface area contributed by atoms with Gasteiger partial charge in [-0.2, -0.15) is 0 Å². The molecular formula is C13H26O4S. The van der Waals surface area contributed by atoms with E-state index in [-0.39, 0.29) is 18.5 Å². The normalized spacial score (nSPS) is 22.4. The molecule has 2 atom stereocenters. The topological polar surface area (TPSA) is 63.6 Å². The highest BCUT2D eigenvalue weighted by Crippen LogP contribution is 2.20. The van der Waals surface area contributed by atoms with Crippen LogP contribution in [-0.2, 0) is 14.6 Å². The Hall–Kier alpha value is -0.130. The van der Waals surface area contributed by atoms with Crippen molar-refractivity contribution in [3.63, 3.8) is 0 Å². The SMILES string of the molecule is C[C@H](O)[C@@H](C)S(=O)(=O)CCOC1CCCCCC1. The van der Waals surface area contributed by atoms with E-state index in [1.165, 1.54) is 32.6 Å². The van der Waals surface area contributed by atoms with Crippen LogP contribution in [0.4, 0.5) is 0 Å². The van der Waals surface area contributed by atoms with Crippen LogP contribution >= 0.6 is 0 Å². The third-order valence-electron chi connectivity index (χ3n) is 3.77. The number of sulfone groups is 1. The first-order valence-corrected chi connectivity index (χ1v) is 8.66. The van der Waals surface area contributed by atoms with Crippen molar-refractivity contribution in [2.45, 2.75) is 69.8 Å². The second-order valence-electron chi connectivity index (χ2n) is 5.30. The van der Waals surface area contributed by atoms with E-state index in [0.717, 1.165) is 12.8 Å². The molecule has 0 aromatic carbocycles. The van der Waals surface area contributed by atoms with E-state index in [9.17, 15) is 13.5 Å². The van der Waals surface area contributed by atoms with Crippen LogP contribution in [0.3, 0.4) is 0 Å². The van der Waals surface area contributed by atoms with Gasteiger partial charge in [-0.05, 0) is 26.7 Å². The molecule has 0 spiro atoms. The van der Waals surface area contributed by atoms with E-state index in [1.807, 2.05) is 0 Å². The summed E-state index contributed by atoms with van der Waals surface area (Å²) in [7, 11) is -3.24. The van der Waals surface area contributed by atoms with Gasteiger partial charge in [0.2, 0.25) is 0 Å². The predicted octanol–water partition coefficient (Wildman–Crippen LogP) is 1.91. The van der Waals surface area contributed by atoms with Gasteiger partial charge in [-0.3, -0.25) is 0 Å². The first-order valence-electron chi connectivity index (χ1n) is 6.94. The van der Waals surface area contributed by atoms with Crippen molar-refractivity contribution in [1.29, 1.82) is 0 Å². The maximum absolute atomic E-state index is 11.8. The molecule has 4 nitrogen and oxygen atoms in total. The number of ether oxygens (including phenoxy) is 1. The molecule has 0 aromatic heterocycles. The average molecular weight is 278 g/mol. The molecule has 1 N–H and O–H groups in total. The fourth-order valence-electron chi connectivity index (χ4n) is 2.23. The molecule has 0 saturated heterocycles. The van der Waals surface area contributed by atoms with Crippen LogP contribution in [0.15, 0.2) is 0 Å².